The fourth-order valence-corrected chi connectivity index (χ4v) is 2.07. The maximum absolute atomic E-state index is 12.0. The summed E-state index contributed by atoms with van der Waals surface area (Å²) in [6, 6.07) is 4.44. The van der Waals surface area contributed by atoms with Crippen LogP contribution in [0.4, 0.5) is 11.4 Å². The number of likely N-dealkylation sites (N-methyl/N-ethyl adjacent to an activating group) is 1. The molecule has 1 fully saturated rings. The number of carbonyl (C=O) groups excluding carboxylic acids is 2. The van der Waals surface area contributed by atoms with Crippen LogP contribution in [0, 0.1) is 10.1 Å². The van der Waals surface area contributed by atoms with E-state index in [2.05, 4.69) is 10.6 Å². The highest BCUT2D eigenvalue weighted by Crippen LogP contribution is 2.27. The highest BCUT2D eigenvalue weighted by Gasteiger charge is 2.24. The summed E-state index contributed by atoms with van der Waals surface area (Å²) < 4.78 is 0. The fraction of sp³-hybridized carbons (Fsp3) is 0.429. The zero-order valence-electron chi connectivity index (χ0n) is 12.5. The van der Waals surface area contributed by atoms with Crippen molar-refractivity contribution in [3.8, 4) is 0 Å². The average molecular weight is 341 g/mol. The first-order valence-corrected chi connectivity index (χ1v) is 7.45. The molecule has 2 rings (SSSR count). The molecule has 0 aliphatic heterocycles. The smallest absolute Gasteiger partial charge is 0.289 e. The van der Waals surface area contributed by atoms with Crippen LogP contribution in [-0.2, 0) is 9.59 Å². The van der Waals surface area contributed by atoms with E-state index in [1.54, 1.807) is 6.07 Å². The van der Waals surface area contributed by atoms with Gasteiger partial charge in [-0.1, -0.05) is 11.6 Å². The van der Waals surface area contributed by atoms with Crippen LogP contribution in [0.5, 0.6) is 0 Å². The molecule has 2 amide bonds. The van der Waals surface area contributed by atoms with Gasteiger partial charge in [0.1, 0.15) is 5.02 Å². The van der Waals surface area contributed by atoms with Crippen LogP contribution in [0.1, 0.15) is 12.8 Å². The van der Waals surface area contributed by atoms with Gasteiger partial charge in [-0.3, -0.25) is 19.7 Å². The van der Waals surface area contributed by atoms with Gasteiger partial charge in [-0.05, 0) is 25.0 Å². The number of carbonyl (C=O) groups is 2. The van der Waals surface area contributed by atoms with Gasteiger partial charge in [-0.2, -0.15) is 0 Å². The van der Waals surface area contributed by atoms with E-state index in [9.17, 15) is 19.7 Å². The number of hydrogen-bond acceptors (Lipinski definition) is 5. The molecule has 0 atom stereocenters. The van der Waals surface area contributed by atoms with Gasteiger partial charge in [0.25, 0.3) is 5.69 Å². The lowest BCUT2D eigenvalue weighted by atomic mass is 10.2. The molecule has 1 aliphatic carbocycles. The molecule has 0 aromatic heterocycles. The Bertz CT molecular complexity index is 633. The van der Waals surface area contributed by atoms with Crippen molar-refractivity contribution in [1.29, 1.82) is 0 Å². The Morgan fingerprint density at radius 2 is 2.13 bits per heavy atom. The molecular formula is C14H17ClN4O4. The van der Waals surface area contributed by atoms with Gasteiger partial charge in [-0.25, -0.2) is 0 Å². The summed E-state index contributed by atoms with van der Waals surface area (Å²) in [5.41, 5.74) is 0.173. The Labute approximate surface area is 137 Å². The minimum atomic E-state index is -0.594. The number of anilines is 1. The molecule has 1 aromatic carbocycles. The monoisotopic (exact) mass is 340 g/mol. The third-order valence-electron chi connectivity index (χ3n) is 3.34. The number of rotatable bonds is 7. The molecule has 124 valence electrons. The zero-order chi connectivity index (χ0) is 17.0. The molecule has 0 saturated heterocycles. The van der Waals surface area contributed by atoms with Crippen LogP contribution in [0.3, 0.4) is 0 Å². The number of nitro groups is 1. The molecule has 0 bridgehead atoms. The van der Waals surface area contributed by atoms with Crippen molar-refractivity contribution >= 4 is 34.8 Å². The van der Waals surface area contributed by atoms with E-state index in [1.807, 2.05) is 0 Å². The Balaban J connectivity index is 1.84. The van der Waals surface area contributed by atoms with Gasteiger partial charge in [0.15, 0.2) is 0 Å². The second kappa shape index (κ2) is 7.28. The summed E-state index contributed by atoms with van der Waals surface area (Å²) in [5.74, 6) is -0.487. The SMILES string of the molecule is CN(CC(=O)NC1CC1)C(=O)CNc1ccc(Cl)c([N+](=O)[O-])c1. The maximum Gasteiger partial charge on any atom is 0.289 e. The van der Waals surface area contributed by atoms with Crippen molar-refractivity contribution in [3.05, 3.63) is 33.3 Å². The molecule has 0 unspecified atom stereocenters. The standard InChI is InChI=1S/C14H17ClN4O4/c1-18(8-13(20)17-9-2-3-9)14(21)7-16-10-4-5-11(15)12(6-10)19(22)23/h4-6,9,16H,2-3,7-8H2,1H3,(H,17,20). The van der Waals surface area contributed by atoms with Crippen molar-refractivity contribution in [2.45, 2.75) is 18.9 Å². The van der Waals surface area contributed by atoms with Crippen molar-refractivity contribution in [2.24, 2.45) is 0 Å². The number of amides is 2. The third-order valence-corrected chi connectivity index (χ3v) is 3.66. The predicted molar refractivity (Wildman–Crippen MR) is 85.4 cm³/mol. The predicted octanol–water partition coefficient (Wildman–Crippen LogP) is 1.40. The molecule has 0 heterocycles. The summed E-state index contributed by atoms with van der Waals surface area (Å²) in [7, 11) is 1.53. The molecular weight excluding hydrogens is 324 g/mol. The van der Waals surface area contributed by atoms with E-state index in [1.165, 1.54) is 24.1 Å². The Hall–Kier alpha value is -2.35. The van der Waals surface area contributed by atoms with Gasteiger partial charge < -0.3 is 15.5 Å². The lowest BCUT2D eigenvalue weighted by Gasteiger charge is -2.17. The van der Waals surface area contributed by atoms with Gasteiger partial charge in [0.05, 0.1) is 18.0 Å². The molecule has 8 nitrogen and oxygen atoms in total. The molecule has 1 aliphatic rings. The van der Waals surface area contributed by atoms with E-state index < -0.39 is 4.92 Å². The molecule has 23 heavy (non-hydrogen) atoms. The first-order chi connectivity index (χ1) is 10.9. The van der Waals surface area contributed by atoms with Crippen LogP contribution in [0.25, 0.3) is 0 Å². The molecule has 1 aromatic rings. The normalized spacial score (nSPS) is 13.3. The molecule has 0 radical (unpaired) electrons. The number of hydrogen-bond donors (Lipinski definition) is 2. The number of nitro benzene ring substituents is 1. The Morgan fingerprint density at radius 1 is 1.43 bits per heavy atom. The number of benzene rings is 1. The molecule has 1 saturated carbocycles. The minimum absolute atomic E-state index is 0.0161. The quantitative estimate of drug-likeness (QED) is 0.576. The Kier molecular flexibility index (Phi) is 5.38. The minimum Gasteiger partial charge on any atom is -0.376 e. The third kappa shape index (κ3) is 5.10. The summed E-state index contributed by atoms with van der Waals surface area (Å²) in [5, 5.41) is 16.4. The summed E-state index contributed by atoms with van der Waals surface area (Å²) in [6.45, 7) is -0.0935. The van der Waals surface area contributed by atoms with E-state index in [0.717, 1.165) is 12.8 Å². The first kappa shape index (κ1) is 17.0. The average Bonchev–Trinajstić information content (AvgIpc) is 3.29. The number of nitrogens with zero attached hydrogens (tertiary/aromatic N) is 2. The number of halogens is 1. The summed E-state index contributed by atoms with van der Waals surface area (Å²) in [6.07, 6.45) is 1.97. The second-order valence-electron chi connectivity index (χ2n) is 5.37. The van der Waals surface area contributed by atoms with Crippen LogP contribution >= 0.6 is 11.6 Å². The topological polar surface area (TPSA) is 105 Å². The maximum atomic E-state index is 12.0. The fourth-order valence-electron chi connectivity index (χ4n) is 1.88. The summed E-state index contributed by atoms with van der Waals surface area (Å²) in [4.78, 5) is 35.1. The van der Waals surface area contributed by atoms with E-state index in [4.69, 9.17) is 11.6 Å². The van der Waals surface area contributed by atoms with Gasteiger partial charge in [-0.15, -0.1) is 0 Å². The van der Waals surface area contributed by atoms with Crippen LogP contribution < -0.4 is 10.6 Å². The largest absolute Gasteiger partial charge is 0.376 e. The van der Waals surface area contributed by atoms with Crippen LogP contribution in [0.2, 0.25) is 5.02 Å². The first-order valence-electron chi connectivity index (χ1n) is 7.08. The van der Waals surface area contributed by atoms with Crippen LogP contribution in [-0.4, -0.2) is 47.8 Å². The molecule has 9 heteroatoms. The van der Waals surface area contributed by atoms with E-state index >= 15 is 0 Å². The van der Waals surface area contributed by atoms with Gasteiger partial charge >= 0.3 is 0 Å². The van der Waals surface area contributed by atoms with Gasteiger partial charge in [0, 0.05) is 24.8 Å². The van der Waals surface area contributed by atoms with Crippen molar-refractivity contribution in [2.75, 3.05) is 25.5 Å². The second-order valence-corrected chi connectivity index (χ2v) is 5.78. The Morgan fingerprint density at radius 3 is 2.74 bits per heavy atom. The van der Waals surface area contributed by atoms with Crippen molar-refractivity contribution < 1.29 is 14.5 Å². The highest BCUT2D eigenvalue weighted by molar-refractivity contribution is 6.32. The molecule has 0 spiro atoms. The van der Waals surface area contributed by atoms with Crippen LogP contribution in [0.15, 0.2) is 18.2 Å². The summed E-state index contributed by atoms with van der Waals surface area (Å²) >= 11 is 5.72. The van der Waals surface area contributed by atoms with Crippen molar-refractivity contribution in [1.82, 2.24) is 10.2 Å². The highest BCUT2D eigenvalue weighted by atomic mass is 35.5. The lowest BCUT2D eigenvalue weighted by molar-refractivity contribution is -0.384. The van der Waals surface area contributed by atoms with E-state index in [0.29, 0.717) is 5.69 Å². The lowest BCUT2D eigenvalue weighted by Crippen LogP contribution is -2.41. The zero-order valence-corrected chi connectivity index (χ0v) is 13.3. The van der Waals surface area contributed by atoms with Gasteiger partial charge in [0.2, 0.25) is 11.8 Å². The van der Waals surface area contributed by atoms with Crippen molar-refractivity contribution in [3.63, 3.8) is 0 Å². The number of nitrogens with one attached hydrogen (secondary N) is 2. The van der Waals surface area contributed by atoms with E-state index in [-0.39, 0.29) is 41.7 Å². The molecule has 2 N–H and O–H groups in total.